The molecule has 25 heavy (non-hydrogen) atoms. The number of carbonyl (C=O) groups is 3. The van der Waals surface area contributed by atoms with Gasteiger partial charge in [0.15, 0.2) is 0 Å². The smallest absolute Gasteiger partial charge is 0.242 e. The Morgan fingerprint density at radius 3 is 2.44 bits per heavy atom. The standard InChI is InChI=1S/C19H24N2O4/c1-19(2)17(23)20(8-9-25-3)16-10-14(12-22)6-7-15(16)21(18(19)24)11-13-4-5-13/h6-7,10,12-13H,4-5,8-9,11H2,1-3H3. The van der Waals surface area contributed by atoms with E-state index in [1.807, 2.05) is 0 Å². The summed E-state index contributed by atoms with van der Waals surface area (Å²) in [4.78, 5) is 40.8. The summed E-state index contributed by atoms with van der Waals surface area (Å²) < 4.78 is 5.14. The average molecular weight is 344 g/mol. The molecule has 134 valence electrons. The number of carbonyl (C=O) groups excluding carboxylic acids is 3. The number of benzene rings is 1. The molecule has 3 rings (SSSR count). The van der Waals surface area contributed by atoms with E-state index in [1.165, 1.54) is 0 Å². The summed E-state index contributed by atoms with van der Waals surface area (Å²) >= 11 is 0. The normalized spacial score (nSPS) is 19.6. The number of fused-ring (bicyclic) bond motifs is 1. The maximum Gasteiger partial charge on any atom is 0.242 e. The SMILES string of the molecule is COCCN1C(=O)C(C)(C)C(=O)N(CC2CC2)c2ccc(C=O)cc21. The van der Waals surface area contributed by atoms with Crippen LogP contribution in [0.3, 0.4) is 0 Å². The summed E-state index contributed by atoms with van der Waals surface area (Å²) in [7, 11) is 1.57. The number of amides is 2. The van der Waals surface area contributed by atoms with Crippen LogP contribution in [0.1, 0.15) is 37.0 Å². The molecule has 1 heterocycles. The van der Waals surface area contributed by atoms with Gasteiger partial charge in [0.2, 0.25) is 11.8 Å². The zero-order chi connectivity index (χ0) is 18.2. The second kappa shape index (κ2) is 6.59. The lowest BCUT2D eigenvalue weighted by Gasteiger charge is -2.28. The molecule has 0 N–H and O–H groups in total. The second-order valence-corrected chi connectivity index (χ2v) is 7.30. The molecule has 2 amide bonds. The molecule has 1 fully saturated rings. The van der Waals surface area contributed by atoms with Crippen molar-refractivity contribution in [2.45, 2.75) is 26.7 Å². The Kier molecular flexibility index (Phi) is 4.64. The third-order valence-corrected chi connectivity index (χ3v) is 4.93. The quantitative estimate of drug-likeness (QED) is 0.586. The van der Waals surface area contributed by atoms with E-state index in [0.29, 0.717) is 42.6 Å². The van der Waals surface area contributed by atoms with Crippen LogP contribution in [0.4, 0.5) is 11.4 Å². The Balaban J connectivity index is 2.14. The minimum atomic E-state index is -1.16. The van der Waals surface area contributed by atoms with Gasteiger partial charge in [0, 0.05) is 25.8 Å². The van der Waals surface area contributed by atoms with Crippen molar-refractivity contribution in [2.24, 2.45) is 11.3 Å². The molecule has 6 nitrogen and oxygen atoms in total. The minimum Gasteiger partial charge on any atom is -0.383 e. The van der Waals surface area contributed by atoms with E-state index in [1.54, 1.807) is 49.0 Å². The summed E-state index contributed by atoms with van der Waals surface area (Å²) in [6, 6.07) is 5.15. The number of nitrogens with zero attached hydrogens (tertiary/aromatic N) is 2. The molecule has 1 saturated carbocycles. The van der Waals surface area contributed by atoms with Gasteiger partial charge in [0.05, 0.1) is 18.0 Å². The van der Waals surface area contributed by atoms with Gasteiger partial charge in [-0.2, -0.15) is 0 Å². The zero-order valence-corrected chi connectivity index (χ0v) is 14.9. The molecule has 0 atom stereocenters. The van der Waals surface area contributed by atoms with Gasteiger partial charge in [-0.15, -0.1) is 0 Å². The predicted molar refractivity (Wildman–Crippen MR) is 94.9 cm³/mol. The van der Waals surface area contributed by atoms with Crippen molar-refractivity contribution in [2.75, 3.05) is 36.6 Å². The average Bonchev–Trinajstić information content (AvgIpc) is 3.43. The summed E-state index contributed by atoms with van der Waals surface area (Å²) in [6.07, 6.45) is 2.96. The Bertz CT molecular complexity index is 709. The molecule has 2 aliphatic rings. The maximum absolute atomic E-state index is 13.2. The largest absolute Gasteiger partial charge is 0.383 e. The molecule has 0 unspecified atom stereocenters. The van der Waals surface area contributed by atoms with Crippen LogP contribution in [-0.4, -0.2) is 44.9 Å². The lowest BCUT2D eigenvalue weighted by atomic mass is 9.90. The maximum atomic E-state index is 13.2. The van der Waals surface area contributed by atoms with Crippen molar-refractivity contribution in [3.8, 4) is 0 Å². The van der Waals surface area contributed by atoms with Crippen LogP contribution >= 0.6 is 0 Å². The Morgan fingerprint density at radius 2 is 1.84 bits per heavy atom. The number of rotatable bonds is 6. The minimum absolute atomic E-state index is 0.190. The van der Waals surface area contributed by atoms with E-state index < -0.39 is 5.41 Å². The van der Waals surface area contributed by atoms with Crippen LogP contribution in [0.25, 0.3) is 0 Å². The number of methoxy groups -OCH3 is 1. The fourth-order valence-corrected chi connectivity index (χ4v) is 3.19. The van der Waals surface area contributed by atoms with Crippen molar-refractivity contribution in [1.82, 2.24) is 0 Å². The van der Waals surface area contributed by atoms with Gasteiger partial charge in [-0.3, -0.25) is 14.4 Å². The fourth-order valence-electron chi connectivity index (χ4n) is 3.19. The van der Waals surface area contributed by atoms with Gasteiger partial charge in [-0.1, -0.05) is 0 Å². The van der Waals surface area contributed by atoms with E-state index in [4.69, 9.17) is 4.74 Å². The third-order valence-electron chi connectivity index (χ3n) is 4.93. The van der Waals surface area contributed by atoms with E-state index in [9.17, 15) is 14.4 Å². The van der Waals surface area contributed by atoms with Crippen molar-refractivity contribution < 1.29 is 19.1 Å². The highest BCUT2D eigenvalue weighted by Gasteiger charge is 2.47. The van der Waals surface area contributed by atoms with E-state index >= 15 is 0 Å². The van der Waals surface area contributed by atoms with Crippen LogP contribution in [0, 0.1) is 11.3 Å². The van der Waals surface area contributed by atoms with Crippen molar-refractivity contribution in [3.63, 3.8) is 0 Å². The molecule has 0 radical (unpaired) electrons. The molecule has 0 aromatic heterocycles. The topological polar surface area (TPSA) is 66.9 Å². The first-order valence-electron chi connectivity index (χ1n) is 8.62. The fraction of sp³-hybridized carbons (Fsp3) is 0.526. The van der Waals surface area contributed by atoms with Crippen molar-refractivity contribution >= 4 is 29.5 Å². The van der Waals surface area contributed by atoms with Gasteiger partial charge in [0.25, 0.3) is 0 Å². The van der Waals surface area contributed by atoms with E-state index in [-0.39, 0.29) is 11.8 Å². The first-order chi connectivity index (χ1) is 11.9. The van der Waals surface area contributed by atoms with Gasteiger partial charge in [0.1, 0.15) is 11.7 Å². The number of ether oxygens (including phenoxy) is 1. The van der Waals surface area contributed by atoms with Crippen LogP contribution in [0.5, 0.6) is 0 Å². The van der Waals surface area contributed by atoms with Crippen molar-refractivity contribution in [3.05, 3.63) is 23.8 Å². The lowest BCUT2D eigenvalue weighted by molar-refractivity contribution is -0.137. The predicted octanol–water partition coefficient (Wildman–Crippen LogP) is 2.26. The van der Waals surface area contributed by atoms with Crippen LogP contribution < -0.4 is 9.80 Å². The van der Waals surface area contributed by atoms with Gasteiger partial charge in [-0.05, 0) is 50.8 Å². The molecule has 1 aromatic rings. The van der Waals surface area contributed by atoms with Crippen LogP contribution in [-0.2, 0) is 14.3 Å². The summed E-state index contributed by atoms with van der Waals surface area (Å²) in [5.74, 6) is 0.0283. The number of hydrogen-bond acceptors (Lipinski definition) is 4. The van der Waals surface area contributed by atoms with E-state index in [0.717, 1.165) is 19.1 Å². The summed E-state index contributed by atoms with van der Waals surface area (Å²) in [6.45, 7) is 4.64. The van der Waals surface area contributed by atoms with Gasteiger partial charge in [-0.25, -0.2) is 0 Å². The first kappa shape index (κ1) is 17.6. The van der Waals surface area contributed by atoms with E-state index in [2.05, 4.69) is 0 Å². The monoisotopic (exact) mass is 344 g/mol. The first-order valence-corrected chi connectivity index (χ1v) is 8.62. The molecular formula is C19H24N2O4. The molecular weight excluding hydrogens is 320 g/mol. The molecule has 0 spiro atoms. The third kappa shape index (κ3) is 3.18. The molecule has 1 aliphatic heterocycles. The summed E-state index contributed by atoms with van der Waals surface area (Å²) in [5.41, 5.74) is 0.611. The van der Waals surface area contributed by atoms with Crippen molar-refractivity contribution in [1.29, 1.82) is 0 Å². The summed E-state index contributed by atoms with van der Waals surface area (Å²) in [5, 5.41) is 0. The molecule has 1 aliphatic carbocycles. The highest BCUT2D eigenvalue weighted by Crippen LogP contribution is 2.41. The number of anilines is 2. The Labute approximate surface area is 147 Å². The molecule has 0 bridgehead atoms. The lowest BCUT2D eigenvalue weighted by Crippen LogP contribution is -2.49. The molecule has 6 heteroatoms. The van der Waals surface area contributed by atoms with Crippen LogP contribution in [0.15, 0.2) is 18.2 Å². The number of hydrogen-bond donors (Lipinski definition) is 0. The highest BCUT2D eigenvalue weighted by atomic mass is 16.5. The van der Waals surface area contributed by atoms with Gasteiger partial charge >= 0.3 is 0 Å². The second-order valence-electron chi connectivity index (χ2n) is 7.30. The molecule has 0 saturated heterocycles. The number of aldehydes is 1. The highest BCUT2D eigenvalue weighted by molar-refractivity contribution is 6.20. The van der Waals surface area contributed by atoms with Gasteiger partial charge < -0.3 is 14.5 Å². The van der Waals surface area contributed by atoms with Crippen LogP contribution in [0.2, 0.25) is 0 Å². The zero-order valence-electron chi connectivity index (χ0n) is 14.9. The Morgan fingerprint density at radius 1 is 1.16 bits per heavy atom. The molecule has 1 aromatic carbocycles. The Hall–Kier alpha value is -2.21.